The van der Waals surface area contributed by atoms with Crippen molar-refractivity contribution in [3.8, 4) is 5.75 Å². The van der Waals surface area contributed by atoms with Gasteiger partial charge in [-0.05, 0) is 17.7 Å². The molecule has 0 aliphatic carbocycles. The molecule has 0 heterocycles. The third kappa shape index (κ3) is 4.07. The van der Waals surface area contributed by atoms with Crippen molar-refractivity contribution in [3.05, 3.63) is 33.3 Å². The van der Waals surface area contributed by atoms with Crippen molar-refractivity contribution in [2.24, 2.45) is 11.8 Å². The van der Waals surface area contributed by atoms with Crippen molar-refractivity contribution < 1.29 is 9.66 Å². The van der Waals surface area contributed by atoms with Gasteiger partial charge in [-0.3, -0.25) is 10.1 Å². The number of halogens is 1. The van der Waals surface area contributed by atoms with E-state index in [0.29, 0.717) is 24.2 Å². The molecule has 1 aromatic carbocycles. The number of nitro groups is 1. The van der Waals surface area contributed by atoms with Gasteiger partial charge in [-0.2, -0.15) is 12.6 Å². The van der Waals surface area contributed by atoms with E-state index in [4.69, 9.17) is 16.3 Å². The molecule has 6 heteroatoms. The third-order valence-corrected chi connectivity index (χ3v) is 3.53. The number of nitrogens with zero attached hydrogens (tertiary/aromatic N) is 1. The van der Waals surface area contributed by atoms with Crippen molar-refractivity contribution in [1.82, 2.24) is 0 Å². The van der Waals surface area contributed by atoms with E-state index in [0.717, 1.165) is 5.75 Å². The highest BCUT2D eigenvalue weighted by atomic mass is 35.5. The first-order valence-electron chi connectivity index (χ1n) is 5.63. The van der Waals surface area contributed by atoms with Crippen LogP contribution < -0.4 is 4.74 Å². The lowest BCUT2D eigenvalue weighted by Gasteiger charge is -2.19. The van der Waals surface area contributed by atoms with E-state index in [9.17, 15) is 10.1 Å². The normalized spacial score (nSPS) is 12.5. The average molecular weight is 290 g/mol. The van der Waals surface area contributed by atoms with Crippen LogP contribution in [0.5, 0.6) is 5.75 Å². The number of rotatable bonds is 6. The van der Waals surface area contributed by atoms with Gasteiger partial charge in [0.25, 0.3) is 5.69 Å². The molecular formula is C12H16ClNO3S. The summed E-state index contributed by atoms with van der Waals surface area (Å²) in [6, 6.07) is 4.37. The average Bonchev–Trinajstić information content (AvgIpc) is 2.28. The molecule has 0 aliphatic heterocycles. The molecule has 1 aromatic rings. The minimum absolute atomic E-state index is 0.0875. The highest BCUT2D eigenvalue weighted by molar-refractivity contribution is 7.80. The van der Waals surface area contributed by atoms with Crippen LogP contribution in [-0.4, -0.2) is 17.3 Å². The molecule has 0 N–H and O–H groups in total. The van der Waals surface area contributed by atoms with E-state index >= 15 is 0 Å². The van der Waals surface area contributed by atoms with E-state index in [1.165, 1.54) is 12.1 Å². The van der Waals surface area contributed by atoms with Gasteiger partial charge in [0.15, 0.2) is 0 Å². The van der Waals surface area contributed by atoms with E-state index in [1.807, 2.05) is 0 Å². The number of benzene rings is 1. The lowest BCUT2D eigenvalue weighted by atomic mass is 9.99. The summed E-state index contributed by atoms with van der Waals surface area (Å²) in [5.41, 5.74) is -0.112. The lowest BCUT2D eigenvalue weighted by molar-refractivity contribution is -0.384. The van der Waals surface area contributed by atoms with Crippen LogP contribution in [0.3, 0.4) is 0 Å². The fraction of sp³-hybridized carbons (Fsp3) is 0.500. The number of hydrogen-bond donors (Lipinski definition) is 1. The van der Waals surface area contributed by atoms with Crippen LogP contribution in [0.4, 0.5) is 5.69 Å². The summed E-state index contributed by atoms with van der Waals surface area (Å²) in [6.45, 7) is 4.73. The van der Waals surface area contributed by atoms with Crippen LogP contribution in [0.25, 0.3) is 0 Å². The number of nitro benzene ring substituents is 1. The maximum Gasteiger partial charge on any atom is 0.288 e. The van der Waals surface area contributed by atoms with Gasteiger partial charge in [0.2, 0.25) is 0 Å². The van der Waals surface area contributed by atoms with Crippen LogP contribution in [0.1, 0.15) is 13.8 Å². The third-order valence-electron chi connectivity index (χ3n) is 2.76. The Bertz CT molecular complexity index is 426. The lowest BCUT2D eigenvalue weighted by Crippen LogP contribution is -2.19. The summed E-state index contributed by atoms with van der Waals surface area (Å²) < 4.78 is 5.58. The Hall–Kier alpha value is -0.940. The molecule has 0 bridgehead atoms. The molecule has 1 rings (SSSR count). The Labute approximate surface area is 117 Å². The van der Waals surface area contributed by atoms with Crippen LogP contribution >= 0.6 is 24.2 Å². The fourth-order valence-electron chi connectivity index (χ4n) is 1.38. The Balaban J connectivity index is 2.69. The first-order valence-corrected chi connectivity index (χ1v) is 6.64. The molecule has 0 aromatic heterocycles. The van der Waals surface area contributed by atoms with Crippen LogP contribution in [-0.2, 0) is 0 Å². The second-order valence-corrected chi connectivity index (χ2v) is 5.14. The first kappa shape index (κ1) is 15.1. The largest absolute Gasteiger partial charge is 0.493 e. The fourth-order valence-corrected chi connectivity index (χ4v) is 2.15. The van der Waals surface area contributed by atoms with E-state index in [-0.39, 0.29) is 10.7 Å². The second kappa shape index (κ2) is 6.85. The van der Waals surface area contributed by atoms with Gasteiger partial charge >= 0.3 is 0 Å². The number of thiol groups is 1. The zero-order valence-electron chi connectivity index (χ0n) is 10.3. The maximum atomic E-state index is 10.6. The summed E-state index contributed by atoms with van der Waals surface area (Å²) >= 11 is 10.1. The van der Waals surface area contributed by atoms with Gasteiger partial charge in [-0.1, -0.05) is 25.4 Å². The van der Waals surface area contributed by atoms with Gasteiger partial charge in [0.1, 0.15) is 10.8 Å². The summed E-state index contributed by atoms with van der Waals surface area (Å²) in [7, 11) is 0. The monoisotopic (exact) mass is 289 g/mol. The Morgan fingerprint density at radius 1 is 1.50 bits per heavy atom. The topological polar surface area (TPSA) is 52.4 Å². The highest BCUT2D eigenvalue weighted by Gasteiger charge is 2.15. The number of ether oxygens (including phenoxy) is 1. The van der Waals surface area contributed by atoms with Crippen molar-refractivity contribution >= 4 is 29.9 Å². The molecule has 0 radical (unpaired) electrons. The molecule has 0 spiro atoms. The molecule has 18 heavy (non-hydrogen) atoms. The summed E-state index contributed by atoms with van der Waals surface area (Å²) in [6.07, 6.45) is 0. The number of hydrogen-bond acceptors (Lipinski definition) is 4. The maximum absolute atomic E-state index is 10.6. The molecule has 1 atom stereocenters. The van der Waals surface area contributed by atoms with E-state index in [2.05, 4.69) is 26.5 Å². The molecule has 0 fully saturated rings. The Morgan fingerprint density at radius 2 is 2.17 bits per heavy atom. The minimum atomic E-state index is -0.517. The second-order valence-electron chi connectivity index (χ2n) is 4.37. The standard InChI is InChI=1S/C12H16ClNO3S/c1-8(2)9(7-18)6-17-10-3-4-12(14(15)16)11(13)5-10/h3-5,8-9,18H,6-7H2,1-2H3. The summed E-state index contributed by atoms with van der Waals surface area (Å²) in [5, 5.41) is 10.7. The van der Waals surface area contributed by atoms with E-state index in [1.54, 1.807) is 6.07 Å². The quantitative estimate of drug-likeness (QED) is 0.492. The zero-order chi connectivity index (χ0) is 13.7. The van der Waals surface area contributed by atoms with Crippen molar-refractivity contribution in [2.45, 2.75) is 13.8 Å². The highest BCUT2D eigenvalue weighted by Crippen LogP contribution is 2.28. The molecule has 0 amide bonds. The van der Waals surface area contributed by atoms with Gasteiger partial charge in [0, 0.05) is 18.1 Å². The molecule has 100 valence electrons. The summed E-state index contributed by atoms with van der Waals surface area (Å²) in [5.74, 6) is 2.08. The summed E-state index contributed by atoms with van der Waals surface area (Å²) in [4.78, 5) is 10.1. The van der Waals surface area contributed by atoms with Gasteiger partial charge in [-0.15, -0.1) is 0 Å². The molecule has 1 unspecified atom stereocenters. The Morgan fingerprint density at radius 3 is 2.61 bits per heavy atom. The molecule has 0 saturated carbocycles. The van der Waals surface area contributed by atoms with E-state index < -0.39 is 4.92 Å². The first-order chi connectivity index (χ1) is 8.45. The molecule has 4 nitrogen and oxygen atoms in total. The predicted molar refractivity (Wildman–Crippen MR) is 75.8 cm³/mol. The molecule has 0 aliphatic rings. The van der Waals surface area contributed by atoms with Crippen molar-refractivity contribution in [1.29, 1.82) is 0 Å². The zero-order valence-corrected chi connectivity index (χ0v) is 11.9. The van der Waals surface area contributed by atoms with Gasteiger partial charge < -0.3 is 4.74 Å². The smallest absolute Gasteiger partial charge is 0.288 e. The molecular weight excluding hydrogens is 274 g/mol. The Kier molecular flexibility index (Phi) is 5.75. The minimum Gasteiger partial charge on any atom is -0.493 e. The van der Waals surface area contributed by atoms with Crippen LogP contribution in [0.2, 0.25) is 5.02 Å². The van der Waals surface area contributed by atoms with Gasteiger partial charge in [0.05, 0.1) is 11.5 Å². The van der Waals surface area contributed by atoms with Crippen molar-refractivity contribution in [3.63, 3.8) is 0 Å². The molecule has 0 saturated heterocycles. The van der Waals surface area contributed by atoms with Crippen LogP contribution in [0.15, 0.2) is 18.2 Å². The van der Waals surface area contributed by atoms with Crippen LogP contribution in [0, 0.1) is 22.0 Å². The van der Waals surface area contributed by atoms with Crippen molar-refractivity contribution in [2.75, 3.05) is 12.4 Å². The van der Waals surface area contributed by atoms with Gasteiger partial charge in [-0.25, -0.2) is 0 Å². The SMILES string of the molecule is CC(C)C(CS)COc1ccc([N+](=O)[O-])c(Cl)c1. The predicted octanol–water partition coefficient (Wildman–Crippen LogP) is 3.83.